The first-order valence-electron chi connectivity index (χ1n) is 5.40. The van der Waals surface area contributed by atoms with Gasteiger partial charge in [0.1, 0.15) is 5.75 Å². The Morgan fingerprint density at radius 2 is 2.06 bits per heavy atom. The van der Waals surface area contributed by atoms with Crippen molar-refractivity contribution in [3.63, 3.8) is 0 Å². The number of benzene rings is 1. The molecule has 5 heteroatoms. The largest absolute Gasteiger partial charge is 0.472 e. The van der Waals surface area contributed by atoms with Crippen molar-refractivity contribution in [2.45, 2.75) is 5.75 Å². The Morgan fingerprint density at radius 3 is 2.72 bits per heavy atom. The molecular formula is C13H13NO3S. The number of carbonyl (C=O) groups excluding carboxylic acids is 1. The Kier molecular flexibility index (Phi) is 3.94. The minimum atomic E-state index is -1.28. The maximum Gasteiger partial charge on any atom is 0.230 e. The third kappa shape index (κ3) is 3.07. The van der Waals surface area contributed by atoms with Crippen LogP contribution in [0.15, 0.2) is 47.3 Å². The molecule has 0 saturated heterocycles. The Labute approximate surface area is 107 Å². The second-order valence-electron chi connectivity index (χ2n) is 3.86. The van der Waals surface area contributed by atoms with Gasteiger partial charge >= 0.3 is 0 Å². The molecule has 2 rings (SSSR count). The predicted molar refractivity (Wildman–Crippen MR) is 70.1 cm³/mol. The molecule has 2 N–H and O–H groups in total. The van der Waals surface area contributed by atoms with Crippen molar-refractivity contribution < 1.29 is 13.4 Å². The summed E-state index contributed by atoms with van der Waals surface area (Å²) >= 11 is 0. The van der Waals surface area contributed by atoms with E-state index >= 15 is 0 Å². The summed E-state index contributed by atoms with van der Waals surface area (Å²) in [6.07, 6.45) is 3.22. The molecular weight excluding hydrogens is 250 g/mol. The van der Waals surface area contributed by atoms with Gasteiger partial charge in [0.2, 0.25) is 5.91 Å². The number of rotatable bonds is 5. The van der Waals surface area contributed by atoms with Gasteiger partial charge < -0.3 is 10.2 Å². The third-order valence-electron chi connectivity index (χ3n) is 2.47. The average Bonchev–Trinajstić information content (AvgIpc) is 2.81. The number of nitrogens with two attached hydrogens (primary N) is 1. The van der Waals surface area contributed by atoms with Crippen LogP contribution in [0, 0.1) is 0 Å². The van der Waals surface area contributed by atoms with E-state index in [1.807, 2.05) is 30.3 Å². The second kappa shape index (κ2) is 5.64. The van der Waals surface area contributed by atoms with Gasteiger partial charge in [0.15, 0.2) is 0 Å². The highest BCUT2D eigenvalue weighted by Crippen LogP contribution is 2.24. The number of hydrogen-bond acceptors (Lipinski definition) is 3. The molecule has 0 aliphatic carbocycles. The molecule has 0 radical (unpaired) electrons. The summed E-state index contributed by atoms with van der Waals surface area (Å²) in [5.74, 6) is -0.349. The van der Waals surface area contributed by atoms with Gasteiger partial charge in [-0.25, -0.2) is 0 Å². The smallest absolute Gasteiger partial charge is 0.230 e. The molecule has 18 heavy (non-hydrogen) atoms. The third-order valence-corrected chi connectivity index (χ3v) is 3.71. The van der Waals surface area contributed by atoms with Gasteiger partial charge in [0.25, 0.3) is 0 Å². The van der Waals surface area contributed by atoms with Crippen molar-refractivity contribution in [2.24, 2.45) is 5.73 Å². The summed E-state index contributed by atoms with van der Waals surface area (Å²) in [5.41, 5.74) is 7.84. The molecule has 0 aliphatic rings. The first kappa shape index (κ1) is 12.6. The second-order valence-corrected chi connectivity index (χ2v) is 5.32. The summed E-state index contributed by atoms with van der Waals surface area (Å²) in [6, 6.07) is 9.45. The first-order chi connectivity index (χ1) is 8.66. The van der Waals surface area contributed by atoms with Crippen LogP contribution in [0.25, 0.3) is 11.1 Å². The van der Waals surface area contributed by atoms with Gasteiger partial charge in [-0.2, -0.15) is 0 Å². The molecule has 1 aromatic carbocycles. The molecule has 0 spiro atoms. The lowest BCUT2D eigenvalue weighted by atomic mass is 10.0. The van der Waals surface area contributed by atoms with Gasteiger partial charge in [-0.3, -0.25) is 9.00 Å². The summed E-state index contributed by atoms with van der Waals surface area (Å²) in [4.78, 5) is 10.7. The van der Waals surface area contributed by atoms with Crippen LogP contribution in [0.1, 0.15) is 5.56 Å². The number of amides is 1. The Balaban J connectivity index is 2.23. The van der Waals surface area contributed by atoms with Crippen molar-refractivity contribution in [3.05, 3.63) is 48.4 Å². The first-order valence-corrected chi connectivity index (χ1v) is 6.89. The van der Waals surface area contributed by atoms with E-state index in [-0.39, 0.29) is 5.75 Å². The highest BCUT2D eigenvalue weighted by Gasteiger charge is 2.10. The van der Waals surface area contributed by atoms with Crippen LogP contribution < -0.4 is 5.73 Å². The molecule has 1 aromatic heterocycles. The molecule has 1 heterocycles. The fourth-order valence-electron chi connectivity index (χ4n) is 1.73. The molecule has 2 aromatic rings. The van der Waals surface area contributed by atoms with E-state index in [4.69, 9.17) is 10.2 Å². The van der Waals surface area contributed by atoms with Crippen molar-refractivity contribution in [1.29, 1.82) is 0 Å². The van der Waals surface area contributed by atoms with Crippen LogP contribution in [-0.2, 0) is 21.3 Å². The molecule has 0 fully saturated rings. The normalized spacial score (nSPS) is 12.2. The quantitative estimate of drug-likeness (QED) is 0.892. The predicted octanol–water partition coefficient (Wildman–Crippen LogP) is 1.68. The fraction of sp³-hybridized carbons (Fsp3) is 0.154. The number of primary amides is 1. The van der Waals surface area contributed by atoms with E-state index in [2.05, 4.69) is 0 Å². The molecule has 0 saturated carbocycles. The molecule has 4 nitrogen and oxygen atoms in total. The zero-order chi connectivity index (χ0) is 13.0. The van der Waals surface area contributed by atoms with E-state index < -0.39 is 16.7 Å². The van der Waals surface area contributed by atoms with Crippen LogP contribution in [-0.4, -0.2) is 15.9 Å². The highest BCUT2D eigenvalue weighted by atomic mass is 32.2. The monoisotopic (exact) mass is 263 g/mol. The lowest BCUT2D eigenvalue weighted by Crippen LogP contribution is -2.20. The molecule has 1 amide bonds. The number of furan rings is 1. The van der Waals surface area contributed by atoms with Crippen LogP contribution in [0.5, 0.6) is 0 Å². The van der Waals surface area contributed by atoms with E-state index in [1.54, 1.807) is 12.5 Å². The Bertz CT molecular complexity index is 563. The van der Waals surface area contributed by atoms with Crippen molar-refractivity contribution in [3.8, 4) is 11.1 Å². The summed E-state index contributed by atoms with van der Waals surface area (Å²) in [6.45, 7) is 0. The van der Waals surface area contributed by atoms with Gasteiger partial charge in [0.05, 0.1) is 12.5 Å². The SMILES string of the molecule is NC(=O)CS(=O)Cc1ccccc1-c1ccoc1. The lowest BCUT2D eigenvalue weighted by molar-refractivity contribution is -0.115. The lowest BCUT2D eigenvalue weighted by Gasteiger charge is -2.06. The standard InChI is InChI=1S/C13H13NO3S/c14-13(15)9-18(16)8-11-3-1-2-4-12(11)10-5-6-17-7-10/h1-7H,8-9H2,(H2,14,15). The molecule has 0 aliphatic heterocycles. The van der Waals surface area contributed by atoms with E-state index in [0.29, 0.717) is 5.75 Å². The van der Waals surface area contributed by atoms with Crippen molar-refractivity contribution in [1.82, 2.24) is 0 Å². The van der Waals surface area contributed by atoms with Crippen LogP contribution in [0.3, 0.4) is 0 Å². The minimum Gasteiger partial charge on any atom is -0.472 e. The van der Waals surface area contributed by atoms with Crippen LogP contribution in [0.4, 0.5) is 0 Å². The highest BCUT2D eigenvalue weighted by molar-refractivity contribution is 7.84. The number of carbonyl (C=O) groups is 1. The summed E-state index contributed by atoms with van der Waals surface area (Å²) in [7, 11) is -1.28. The topological polar surface area (TPSA) is 73.3 Å². The minimum absolute atomic E-state index is 0.111. The Hall–Kier alpha value is -1.88. The van der Waals surface area contributed by atoms with Crippen molar-refractivity contribution >= 4 is 16.7 Å². The zero-order valence-electron chi connectivity index (χ0n) is 9.67. The van der Waals surface area contributed by atoms with E-state index in [9.17, 15) is 9.00 Å². The van der Waals surface area contributed by atoms with Gasteiger partial charge in [-0.15, -0.1) is 0 Å². The summed E-state index contributed by atoms with van der Waals surface area (Å²) < 4.78 is 16.8. The van der Waals surface area contributed by atoms with Gasteiger partial charge in [-0.1, -0.05) is 24.3 Å². The maximum atomic E-state index is 11.7. The van der Waals surface area contributed by atoms with Crippen LogP contribution in [0.2, 0.25) is 0 Å². The Morgan fingerprint density at radius 1 is 1.28 bits per heavy atom. The van der Waals surface area contributed by atoms with Crippen LogP contribution >= 0.6 is 0 Å². The van der Waals surface area contributed by atoms with Gasteiger partial charge in [-0.05, 0) is 17.2 Å². The number of hydrogen-bond donors (Lipinski definition) is 1. The zero-order valence-corrected chi connectivity index (χ0v) is 10.5. The summed E-state index contributed by atoms with van der Waals surface area (Å²) in [5, 5.41) is 0. The van der Waals surface area contributed by atoms with E-state index in [1.165, 1.54) is 0 Å². The van der Waals surface area contributed by atoms with Gasteiger partial charge in [0, 0.05) is 22.1 Å². The average molecular weight is 263 g/mol. The fourth-order valence-corrected chi connectivity index (χ4v) is 2.75. The molecule has 1 unspecified atom stereocenters. The molecule has 0 bridgehead atoms. The molecule has 94 valence electrons. The maximum absolute atomic E-state index is 11.7. The van der Waals surface area contributed by atoms with E-state index in [0.717, 1.165) is 16.7 Å². The van der Waals surface area contributed by atoms with Crippen molar-refractivity contribution in [2.75, 3.05) is 5.75 Å². The molecule has 1 atom stereocenters.